The standard InChI is InChI=1S/C16H15BrO2S/c1-11-8-9-14(17)13(15(11)16(18)19-2)10-20-12-6-4-3-5-7-12/h3-9H,10H2,1-2H3. The Morgan fingerprint density at radius 2 is 1.90 bits per heavy atom. The third kappa shape index (κ3) is 3.44. The van der Waals surface area contributed by atoms with E-state index in [1.54, 1.807) is 11.8 Å². The van der Waals surface area contributed by atoms with Crippen LogP contribution in [0.2, 0.25) is 0 Å². The van der Waals surface area contributed by atoms with Gasteiger partial charge in [-0.1, -0.05) is 40.2 Å². The highest BCUT2D eigenvalue weighted by atomic mass is 79.9. The van der Waals surface area contributed by atoms with Crippen molar-refractivity contribution in [2.45, 2.75) is 17.6 Å². The molecule has 2 nitrogen and oxygen atoms in total. The summed E-state index contributed by atoms with van der Waals surface area (Å²) in [6.45, 7) is 1.93. The Bertz CT molecular complexity index is 611. The number of halogens is 1. The maximum absolute atomic E-state index is 12.0. The number of benzene rings is 2. The second kappa shape index (κ2) is 6.95. The van der Waals surface area contributed by atoms with Gasteiger partial charge in [0.25, 0.3) is 0 Å². The average Bonchev–Trinajstić information content (AvgIpc) is 2.48. The van der Waals surface area contributed by atoms with Crippen LogP contribution in [-0.4, -0.2) is 13.1 Å². The van der Waals surface area contributed by atoms with Crippen molar-refractivity contribution in [3.63, 3.8) is 0 Å². The zero-order valence-corrected chi connectivity index (χ0v) is 13.8. The summed E-state index contributed by atoms with van der Waals surface area (Å²) in [5.41, 5.74) is 2.57. The number of hydrogen-bond acceptors (Lipinski definition) is 3. The fourth-order valence-electron chi connectivity index (χ4n) is 1.94. The molecule has 4 heteroatoms. The molecule has 0 unspecified atom stereocenters. The van der Waals surface area contributed by atoms with Gasteiger partial charge < -0.3 is 4.74 Å². The molecule has 0 spiro atoms. The van der Waals surface area contributed by atoms with E-state index in [0.717, 1.165) is 21.4 Å². The monoisotopic (exact) mass is 350 g/mol. The largest absolute Gasteiger partial charge is 0.465 e. The quantitative estimate of drug-likeness (QED) is 0.583. The van der Waals surface area contributed by atoms with Gasteiger partial charge in [0, 0.05) is 15.1 Å². The molecule has 0 fully saturated rings. The smallest absolute Gasteiger partial charge is 0.338 e. The molecule has 0 heterocycles. The van der Waals surface area contributed by atoms with Gasteiger partial charge in [0.15, 0.2) is 0 Å². The molecular weight excluding hydrogens is 336 g/mol. The van der Waals surface area contributed by atoms with Gasteiger partial charge in [-0.05, 0) is 36.2 Å². The summed E-state index contributed by atoms with van der Waals surface area (Å²) in [4.78, 5) is 13.1. The van der Waals surface area contributed by atoms with E-state index in [4.69, 9.17) is 4.74 Å². The number of aryl methyl sites for hydroxylation is 1. The van der Waals surface area contributed by atoms with Crippen molar-refractivity contribution in [1.82, 2.24) is 0 Å². The molecule has 0 N–H and O–H groups in total. The minimum atomic E-state index is -0.285. The molecule has 0 saturated heterocycles. The minimum absolute atomic E-state index is 0.285. The molecule has 0 atom stereocenters. The molecule has 2 aromatic carbocycles. The number of carbonyl (C=O) groups is 1. The highest BCUT2D eigenvalue weighted by molar-refractivity contribution is 9.10. The Hall–Kier alpha value is -1.26. The van der Waals surface area contributed by atoms with Gasteiger partial charge in [-0.2, -0.15) is 0 Å². The first-order chi connectivity index (χ1) is 9.63. The van der Waals surface area contributed by atoms with Crippen molar-refractivity contribution >= 4 is 33.7 Å². The molecule has 0 radical (unpaired) electrons. The first kappa shape index (κ1) is 15.1. The van der Waals surface area contributed by atoms with E-state index in [1.165, 1.54) is 12.0 Å². The van der Waals surface area contributed by atoms with Gasteiger partial charge >= 0.3 is 5.97 Å². The van der Waals surface area contributed by atoms with E-state index in [9.17, 15) is 4.79 Å². The lowest BCUT2D eigenvalue weighted by atomic mass is 10.0. The first-order valence-electron chi connectivity index (χ1n) is 6.17. The number of hydrogen-bond donors (Lipinski definition) is 0. The molecule has 0 aliphatic carbocycles. The maximum atomic E-state index is 12.0. The Balaban J connectivity index is 2.31. The van der Waals surface area contributed by atoms with Gasteiger partial charge in [0.05, 0.1) is 12.7 Å². The Kier molecular flexibility index (Phi) is 5.26. The molecule has 20 heavy (non-hydrogen) atoms. The lowest BCUT2D eigenvalue weighted by molar-refractivity contribution is 0.0599. The van der Waals surface area contributed by atoms with Gasteiger partial charge in [-0.15, -0.1) is 11.8 Å². The highest BCUT2D eigenvalue weighted by Crippen LogP contribution is 2.31. The van der Waals surface area contributed by atoms with Gasteiger partial charge in [0.1, 0.15) is 0 Å². The average molecular weight is 351 g/mol. The molecular formula is C16H15BrO2S. The van der Waals surface area contributed by atoms with Crippen molar-refractivity contribution in [2.75, 3.05) is 7.11 Å². The zero-order chi connectivity index (χ0) is 14.5. The van der Waals surface area contributed by atoms with E-state index in [0.29, 0.717) is 5.56 Å². The second-order valence-electron chi connectivity index (χ2n) is 4.31. The fraction of sp³-hybridized carbons (Fsp3) is 0.188. The van der Waals surface area contributed by atoms with Crippen LogP contribution < -0.4 is 0 Å². The van der Waals surface area contributed by atoms with E-state index in [2.05, 4.69) is 28.1 Å². The predicted octanol–water partition coefficient (Wildman–Crippen LogP) is 4.84. The van der Waals surface area contributed by atoms with Gasteiger partial charge in [-0.25, -0.2) is 4.79 Å². The van der Waals surface area contributed by atoms with Crippen LogP contribution in [0.5, 0.6) is 0 Å². The van der Waals surface area contributed by atoms with Crippen LogP contribution in [0.15, 0.2) is 51.8 Å². The number of thioether (sulfide) groups is 1. The molecule has 0 aliphatic rings. The van der Waals surface area contributed by atoms with Crippen molar-refractivity contribution < 1.29 is 9.53 Å². The van der Waals surface area contributed by atoms with Crippen LogP contribution in [0.25, 0.3) is 0 Å². The lowest BCUT2D eigenvalue weighted by Gasteiger charge is -2.12. The van der Waals surface area contributed by atoms with E-state index < -0.39 is 0 Å². The molecule has 0 bridgehead atoms. The molecule has 0 amide bonds. The van der Waals surface area contributed by atoms with Crippen LogP contribution in [-0.2, 0) is 10.5 Å². The third-order valence-electron chi connectivity index (χ3n) is 2.98. The number of carbonyl (C=O) groups excluding carboxylic acids is 1. The van der Waals surface area contributed by atoms with Crippen LogP contribution in [0.3, 0.4) is 0 Å². The van der Waals surface area contributed by atoms with Crippen LogP contribution in [0.4, 0.5) is 0 Å². The molecule has 104 valence electrons. The Labute approximate surface area is 131 Å². The Morgan fingerprint density at radius 1 is 1.20 bits per heavy atom. The van der Waals surface area contributed by atoms with Crippen molar-refractivity contribution in [3.05, 3.63) is 63.6 Å². The third-order valence-corrected chi connectivity index (χ3v) is 4.76. The summed E-state index contributed by atoms with van der Waals surface area (Å²) < 4.78 is 5.83. The first-order valence-corrected chi connectivity index (χ1v) is 7.95. The molecule has 2 rings (SSSR count). The summed E-state index contributed by atoms with van der Waals surface area (Å²) in [6.07, 6.45) is 0. The number of rotatable bonds is 4. The summed E-state index contributed by atoms with van der Waals surface area (Å²) in [7, 11) is 1.41. The minimum Gasteiger partial charge on any atom is -0.465 e. The highest BCUT2D eigenvalue weighted by Gasteiger charge is 2.17. The predicted molar refractivity (Wildman–Crippen MR) is 86.2 cm³/mol. The fourth-order valence-corrected chi connectivity index (χ4v) is 3.56. The summed E-state index contributed by atoms with van der Waals surface area (Å²) in [5.74, 6) is 0.434. The number of methoxy groups -OCH3 is 1. The van der Waals surface area contributed by atoms with Crippen molar-refractivity contribution in [1.29, 1.82) is 0 Å². The number of esters is 1. The van der Waals surface area contributed by atoms with E-state index in [1.807, 2.05) is 37.3 Å². The molecule has 0 aromatic heterocycles. The van der Waals surface area contributed by atoms with Gasteiger partial charge in [-0.3, -0.25) is 0 Å². The Morgan fingerprint density at radius 3 is 2.55 bits per heavy atom. The van der Waals surface area contributed by atoms with E-state index in [-0.39, 0.29) is 5.97 Å². The summed E-state index contributed by atoms with van der Waals surface area (Å²) in [5, 5.41) is 0. The van der Waals surface area contributed by atoms with E-state index >= 15 is 0 Å². The molecule has 0 saturated carbocycles. The molecule has 2 aromatic rings. The normalized spacial score (nSPS) is 10.3. The number of ether oxygens (including phenoxy) is 1. The summed E-state index contributed by atoms with van der Waals surface area (Å²) in [6, 6.07) is 14.0. The van der Waals surface area contributed by atoms with Crippen molar-refractivity contribution in [3.8, 4) is 0 Å². The molecule has 0 aliphatic heterocycles. The second-order valence-corrected chi connectivity index (χ2v) is 6.21. The zero-order valence-electron chi connectivity index (χ0n) is 11.4. The topological polar surface area (TPSA) is 26.3 Å². The van der Waals surface area contributed by atoms with Gasteiger partial charge in [0.2, 0.25) is 0 Å². The van der Waals surface area contributed by atoms with Crippen LogP contribution >= 0.6 is 27.7 Å². The SMILES string of the molecule is COC(=O)c1c(C)ccc(Br)c1CSc1ccccc1. The maximum Gasteiger partial charge on any atom is 0.338 e. The van der Waals surface area contributed by atoms with Crippen LogP contribution in [0.1, 0.15) is 21.5 Å². The van der Waals surface area contributed by atoms with Crippen molar-refractivity contribution in [2.24, 2.45) is 0 Å². The summed E-state index contributed by atoms with van der Waals surface area (Å²) >= 11 is 5.23. The lowest BCUT2D eigenvalue weighted by Crippen LogP contribution is -2.08. The van der Waals surface area contributed by atoms with Crippen LogP contribution in [0, 0.1) is 6.92 Å².